The Morgan fingerprint density at radius 2 is 2.09 bits per heavy atom. The summed E-state index contributed by atoms with van der Waals surface area (Å²) in [5.41, 5.74) is -1.08. The third-order valence-corrected chi connectivity index (χ3v) is 3.11. The minimum atomic E-state index is -0.795. The first kappa shape index (κ1) is 16.9. The zero-order valence-electron chi connectivity index (χ0n) is 12.2. The van der Waals surface area contributed by atoms with E-state index in [1.807, 2.05) is 0 Å². The van der Waals surface area contributed by atoms with Gasteiger partial charge in [-0.2, -0.15) is 0 Å². The van der Waals surface area contributed by atoms with Gasteiger partial charge in [-0.05, 0) is 18.2 Å². The predicted octanol–water partition coefficient (Wildman–Crippen LogP) is 1.71. The molecular weight excluding hydrogens is 331 g/mol. The van der Waals surface area contributed by atoms with Gasteiger partial charge in [0.15, 0.2) is 5.78 Å². The van der Waals surface area contributed by atoms with Crippen molar-refractivity contribution in [2.75, 3.05) is 13.7 Å². The number of halogens is 2. The van der Waals surface area contributed by atoms with Crippen molar-refractivity contribution in [2.45, 2.75) is 6.92 Å². The van der Waals surface area contributed by atoms with Crippen LogP contribution in [0.25, 0.3) is 5.69 Å². The van der Waals surface area contributed by atoms with Crippen LogP contribution in [0.4, 0.5) is 4.39 Å². The van der Waals surface area contributed by atoms with E-state index in [2.05, 4.69) is 5.10 Å². The molecule has 0 aliphatic heterocycles. The van der Waals surface area contributed by atoms with Gasteiger partial charge < -0.3 is 9.47 Å². The zero-order chi connectivity index (χ0) is 17.1. The van der Waals surface area contributed by atoms with Crippen molar-refractivity contribution in [1.29, 1.82) is 0 Å². The van der Waals surface area contributed by atoms with Gasteiger partial charge in [0.25, 0.3) is 5.56 Å². The molecule has 0 amide bonds. The number of nitrogens with one attached hydrogen (secondary N) is 1. The minimum absolute atomic E-state index is 0.0616. The van der Waals surface area contributed by atoms with E-state index >= 15 is 0 Å². The summed E-state index contributed by atoms with van der Waals surface area (Å²) < 4.78 is 23.6. The highest BCUT2D eigenvalue weighted by Crippen LogP contribution is 2.22. The number of nitrogens with zero attached hydrogens (tertiary/aromatic N) is 1. The van der Waals surface area contributed by atoms with E-state index in [1.54, 1.807) is 0 Å². The van der Waals surface area contributed by atoms with Gasteiger partial charge in [-0.1, -0.05) is 11.6 Å². The van der Waals surface area contributed by atoms with Crippen molar-refractivity contribution >= 4 is 23.4 Å². The molecule has 0 aliphatic carbocycles. The number of ether oxygens (including phenoxy) is 2. The molecule has 9 heteroatoms. The van der Waals surface area contributed by atoms with Crippen LogP contribution < -0.4 is 10.3 Å². The number of carbonyl (C=O) groups excluding carboxylic acids is 2. The number of aromatic amines is 1. The van der Waals surface area contributed by atoms with E-state index in [-0.39, 0.29) is 28.8 Å². The fraction of sp³-hybridized carbons (Fsp3) is 0.214. The molecule has 2 rings (SSSR count). The maximum Gasteiger partial charge on any atom is 0.309 e. The first-order chi connectivity index (χ1) is 10.8. The van der Waals surface area contributed by atoms with Crippen LogP contribution in [-0.4, -0.2) is 35.2 Å². The normalized spacial score (nSPS) is 10.6. The summed E-state index contributed by atoms with van der Waals surface area (Å²) in [4.78, 5) is 35.6. The van der Waals surface area contributed by atoms with Gasteiger partial charge in [-0.25, -0.2) is 9.07 Å². The molecule has 122 valence electrons. The highest BCUT2D eigenvalue weighted by Gasteiger charge is 2.25. The Labute approximate surface area is 134 Å². The van der Waals surface area contributed by atoms with Crippen LogP contribution in [0.15, 0.2) is 23.0 Å². The first-order valence-electron chi connectivity index (χ1n) is 6.36. The third kappa shape index (κ3) is 3.49. The molecule has 1 N–H and O–H groups in total. The Morgan fingerprint density at radius 1 is 1.39 bits per heavy atom. The van der Waals surface area contributed by atoms with Gasteiger partial charge in [0, 0.05) is 14.0 Å². The van der Waals surface area contributed by atoms with Crippen LogP contribution in [0.2, 0.25) is 5.02 Å². The molecule has 7 nitrogen and oxygen atoms in total. The average molecular weight is 343 g/mol. The minimum Gasteiger partial charge on any atom is -0.407 e. The number of Topliss-reactive ketones (excluding diaryl/α,β-unsaturated/α-hetero) is 1. The SMILES string of the molecule is COCC(=O)c1c(OC(C)=O)[nH]n(-c2ccc(F)cc2Cl)c1=O. The average Bonchev–Trinajstić information content (AvgIpc) is 2.75. The number of hydrogen-bond donors (Lipinski definition) is 1. The van der Waals surface area contributed by atoms with E-state index in [4.69, 9.17) is 21.1 Å². The molecule has 2 aromatic rings. The summed E-state index contributed by atoms with van der Waals surface area (Å²) in [6.45, 7) is 0.740. The van der Waals surface area contributed by atoms with Crippen molar-refractivity contribution in [3.05, 3.63) is 45.0 Å². The van der Waals surface area contributed by atoms with Crippen LogP contribution in [0.1, 0.15) is 17.3 Å². The van der Waals surface area contributed by atoms with Gasteiger partial charge in [0.05, 0.1) is 10.7 Å². The number of H-pyrrole nitrogens is 1. The summed E-state index contributed by atoms with van der Waals surface area (Å²) >= 11 is 5.91. The lowest BCUT2D eigenvalue weighted by Crippen LogP contribution is -2.22. The Bertz CT molecular complexity index is 827. The molecule has 0 atom stereocenters. The molecular formula is C14H12ClFN2O5. The number of rotatable bonds is 5. The monoisotopic (exact) mass is 342 g/mol. The Hall–Kier alpha value is -2.45. The summed E-state index contributed by atoms with van der Waals surface area (Å²) in [6, 6.07) is 3.35. The number of methoxy groups -OCH3 is 1. The highest BCUT2D eigenvalue weighted by atomic mass is 35.5. The molecule has 0 spiro atoms. The Kier molecular flexibility index (Phi) is 4.97. The quantitative estimate of drug-likeness (QED) is 0.660. The Morgan fingerprint density at radius 3 is 2.65 bits per heavy atom. The number of carbonyl (C=O) groups is 2. The molecule has 0 fully saturated rings. The van der Waals surface area contributed by atoms with Crippen LogP contribution in [-0.2, 0) is 9.53 Å². The maximum absolute atomic E-state index is 13.1. The molecule has 0 bridgehead atoms. The summed E-state index contributed by atoms with van der Waals surface area (Å²) in [5, 5.41) is 2.41. The van der Waals surface area contributed by atoms with Crippen molar-refractivity contribution in [3.8, 4) is 11.6 Å². The maximum atomic E-state index is 13.1. The lowest BCUT2D eigenvalue weighted by atomic mass is 10.2. The van der Waals surface area contributed by atoms with Gasteiger partial charge in [0.1, 0.15) is 18.0 Å². The number of esters is 1. The van der Waals surface area contributed by atoms with Crippen LogP contribution in [0.5, 0.6) is 5.88 Å². The van der Waals surface area contributed by atoms with Crippen LogP contribution >= 0.6 is 11.6 Å². The number of aromatic nitrogens is 2. The molecule has 0 radical (unpaired) electrons. The van der Waals surface area contributed by atoms with Gasteiger partial charge in [-0.15, -0.1) is 0 Å². The van der Waals surface area contributed by atoms with Crippen molar-refractivity contribution in [3.63, 3.8) is 0 Å². The number of benzene rings is 1. The standard InChI is InChI=1S/C14H12ClFN2O5/c1-7(19)23-13-12(11(20)6-22-2)14(21)18(17-13)10-4-3-8(16)5-9(10)15/h3-5,17H,6H2,1-2H3. The number of ketones is 1. The lowest BCUT2D eigenvalue weighted by Gasteiger charge is -2.04. The third-order valence-electron chi connectivity index (χ3n) is 2.81. The summed E-state index contributed by atoms with van der Waals surface area (Å²) in [7, 11) is 1.28. The molecule has 0 aliphatic rings. The molecule has 1 aromatic heterocycles. The van der Waals surface area contributed by atoms with E-state index in [1.165, 1.54) is 13.2 Å². The molecule has 0 saturated carbocycles. The summed E-state index contributed by atoms with van der Waals surface area (Å²) in [6.07, 6.45) is 0. The summed E-state index contributed by atoms with van der Waals surface area (Å²) in [5.74, 6) is -2.32. The molecule has 0 unspecified atom stereocenters. The number of hydrogen-bond acceptors (Lipinski definition) is 5. The van der Waals surface area contributed by atoms with E-state index in [0.717, 1.165) is 23.7 Å². The lowest BCUT2D eigenvalue weighted by molar-refractivity contribution is -0.132. The smallest absolute Gasteiger partial charge is 0.309 e. The van der Waals surface area contributed by atoms with Crippen LogP contribution in [0, 0.1) is 5.82 Å². The Balaban J connectivity index is 2.64. The topological polar surface area (TPSA) is 90.4 Å². The predicted molar refractivity (Wildman–Crippen MR) is 78.9 cm³/mol. The molecule has 1 aromatic carbocycles. The fourth-order valence-corrected chi connectivity index (χ4v) is 2.17. The van der Waals surface area contributed by atoms with Crippen LogP contribution in [0.3, 0.4) is 0 Å². The zero-order valence-corrected chi connectivity index (χ0v) is 12.9. The molecule has 1 heterocycles. The van der Waals surface area contributed by atoms with Crippen molar-refractivity contribution in [2.24, 2.45) is 0 Å². The van der Waals surface area contributed by atoms with Gasteiger partial charge in [-0.3, -0.25) is 19.5 Å². The van der Waals surface area contributed by atoms with E-state index < -0.39 is 23.1 Å². The van der Waals surface area contributed by atoms with Gasteiger partial charge in [0.2, 0.25) is 5.88 Å². The largest absolute Gasteiger partial charge is 0.407 e. The molecule has 23 heavy (non-hydrogen) atoms. The second-order valence-electron chi connectivity index (χ2n) is 4.50. The second-order valence-corrected chi connectivity index (χ2v) is 4.91. The van der Waals surface area contributed by atoms with Crippen molar-refractivity contribution < 1.29 is 23.5 Å². The second kappa shape index (κ2) is 6.76. The van der Waals surface area contributed by atoms with Crippen molar-refractivity contribution in [1.82, 2.24) is 9.78 Å². The van der Waals surface area contributed by atoms with E-state index in [0.29, 0.717) is 0 Å². The fourth-order valence-electron chi connectivity index (χ4n) is 1.92. The highest BCUT2D eigenvalue weighted by molar-refractivity contribution is 6.32. The first-order valence-corrected chi connectivity index (χ1v) is 6.74. The van der Waals surface area contributed by atoms with Gasteiger partial charge >= 0.3 is 5.97 Å². The van der Waals surface area contributed by atoms with E-state index in [9.17, 15) is 18.8 Å². The molecule has 0 saturated heterocycles.